The molecule has 0 aromatic heterocycles. The number of amides is 2. The molecule has 120 valence electrons. The van der Waals surface area contributed by atoms with Gasteiger partial charge in [0.2, 0.25) is 0 Å². The summed E-state index contributed by atoms with van der Waals surface area (Å²) in [5.74, 6) is -1.61. The molecule has 0 aliphatic rings. The highest BCUT2D eigenvalue weighted by atomic mass is 16.6. The lowest BCUT2D eigenvalue weighted by molar-refractivity contribution is -0.384. The number of anilines is 1. The zero-order chi connectivity index (χ0) is 16.7. The van der Waals surface area contributed by atoms with E-state index >= 15 is 0 Å². The van der Waals surface area contributed by atoms with Gasteiger partial charge in [-0.05, 0) is 13.0 Å². The number of hydrogen-bond donors (Lipinski definition) is 2. The van der Waals surface area contributed by atoms with Gasteiger partial charge in [0, 0.05) is 25.2 Å². The van der Waals surface area contributed by atoms with Gasteiger partial charge < -0.3 is 20.1 Å². The quantitative estimate of drug-likeness (QED) is 0.445. The smallest absolute Gasteiger partial charge is 0.314 e. The van der Waals surface area contributed by atoms with Crippen LogP contribution in [-0.2, 0) is 9.59 Å². The first-order valence-electron chi connectivity index (χ1n) is 6.48. The first-order valence-corrected chi connectivity index (χ1v) is 6.48. The minimum Gasteiger partial charge on any atom is -0.495 e. The van der Waals surface area contributed by atoms with Crippen molar-refractivity contribution < 1.29 is 24.4 Å². The molecular weight excluding hydrogens is 294 g/mol. The van der Waals surface area contributed by atoms with Gasteiger partial charge in [-0.15, -0.1) is 0 Å². The fraction of sp³-hybridized carbons (Fsp3) is 0.385. The van der Waals surface area contributed by atoms with Crippen molar-refractivity contribution in [3.8, 4) is 5.75 Å². The number of non-ortho nitro benzene ring substituents is 1. The van der Waals surface area contributed by atoms with Gasteiger partial charge in [0.25, 0.3) is 5.69 Å². The van der Waals surface area contributed by atoms with Gasteiger partial charge in [0.05, 0.1) is 24.3 Å². The van der Waals surface area contributed by atoms with Crippen molar-refractivity contribution in [2.75, 3.05) is 32.1 Å². The maximum atomic E-state index is 11.9. The minimum absolute atomic E-state index is 0.0226. The molecule has 1 aromatic carbocycles. The topological polar surface area (TPSA) is 122 Å². The second kappa shape index (κ2) is 7.93. The predicted octanol–water partition coefficient (Wildman–Crippen LogP) is 0.383. The predicted molar refractivity (Wildman–Crippen MR) is 77.6 cm³/mol. The molecule has 0 saturated heterocycles. The molecule has 0 heterocycles. The molecule has 0 unspecified atom stereocenters. The van der Waals surface area contributed by atoms with Crippen molar-refractivity contribution in [1.29, 1.82) is 0 Å². The Labute approximate surface area is 126 Å². The van der Waals surface area contributed by atoms with Crippen molar-refractivity contribution in [2.24, 2.45) is 0 Å². The van der Waals surface area contributed by atoms with Crippen molar-refractivity contribution >= 4 is 23.2 Å². The summed E-state index contributed by atoms with van der Waals surface area (Å²) in [5, 5.41) is 21.9. The van der Waals surface area contributed by atoms with E-state index in [1.807, 2.05) is 0 Å². The van der Waals surface area contributed by atoms with Crippen molar-refractivity contribution in [3.05, 3.63) is 28.3 Å². The van der Waals surface area contributed by atoms with Crippen LogP contribution in [0.25, 0.3) is 0 Å². The number of nitro groups is 1. The molecule has 22 heavy (non-hydrogen) atoms. The summed E-state index contributed by atoms with van der Waals surface area (Å²) < 4.78 is 4.99. The van der Waals surface area contributed by atoms with Crippen molar-refractivity contribution in [1.82, 2.24) is 4.90 Å². The summed E-state index contributed by atoms with van der Waals surface area (Å²) in [6.45, 7) is 1.66. The molecule has 1 rings (SSSR count). The number of ether oxygens (including phenoxy) is 1. The Bertz CT molecular complexity index is 575. The van der Waals surface area contributed by atoms with E-state index in [9.17, 15) is 19.7 Å². The fourth-order valence-corrected chi connectivity index (χ4v) is 1.75. The summed E-state index contributed by atoms with van der Waals surface area (Å²) in [5.41, 5.74) is -0.221. The molecule has 0 fully saturated rings. The number of carbonyl (C=O) groups excluding carboxylic acids is 2. The third kappa shape index (κ3) is 4.16. The van der Waals surface area contributed by atoms with E-state index in [0.29, 0.717) is 0 Å². The van der Waals surface area contributed by atoms with Crippen molar-refractivity contribution in [3.63, 3.8) is 0 Å². The molecule has 0 bridgehead atoms. The average Bonchev–Trinajstić information content (AvgIpc) is 2.51. The van der Waals surface area contributed by atoms with E-state index in [1.165, 1.54) is 19.2 Å². The number of methoxy groups -OCH3 is 1. The standard InChI is InChI=1S/C13H17N3O6/c1-3-15(6-7-17)13(19)12(18)14-10-8-9(16(20)21)4-5-11(10)22-2/h4-5,8,17H,3,6-7H2,1-2H3,(H,14,18). The van der Waals surface area contributed by atoms with Gasteiger partial charge in [-0.1, -0.05) is 0 Å². The monoisotopic (exact) mass is 311 g/mol. The average molecular weight is 311 g/mol. The number of benzene rings is 1. The molecule has 9 nitrogen and oxygen atoms in total. The van der Waals surface area contributed by atoms with Crippen LogP contribution in [0, 0.1) is 10.1 Å². The number of likely N-dealkylation sites (N-methyl/N-ethyl adjacent to an activating group) is 1. The lowest BCUT2D eigenvalue weighted by Gasteiger charge is -2.19. The fourth-order valence-electron chi connectivity index (χ4n) is 1.75. The Morgan fingerprint density at radius 3 is 2.64 bits per heavy atom. The van der Waals surface area contributed by atoms with Crippen LogP contribution in [0.3, 0.4) is 0 Å². The SMILES string of the molecule is CCN(CCO)C(=O)C(=O)Nc1cc([N+](=O)[O-])ccc1OC. The maximum absolute atomic E-state index is 11.9. The molecule has 0 aliphatic carbocycles. The van der Waals surface area contributed by atoms with E-state index < -0.39 is 16.7 Å². The van der Waals surface area contributed by atoms with Crippen molar-refractivity contribution in [2.45, 2.75) is 6.92 Å². The minimum atomic E-state index is -0.964. The van der Waals surface area contributed by atoms with Crippen LogP contribution in [0.5, 0.6) is 5.75 Å². The van der Waals surface area contributed by atoms with E-state index in [0.717, 1.165) is 11.0 Å². The summed E-state index contributed by atoms with van der Waals surface area (Å²) in [6, 6.07) is 3.65. The van der Waals surface area contributed by atoms with Crippen LogP contribution < -0.4 is 10.1 Å². The summed E-state index contributed by atoms with van der Waals surface area (Å²) in [4.78, 5) is 35.1. The highest BCUT2D eigenvalue weighted by molar-refractivity contribution is 6.39. The molecule has 2 amide bonds. The second-order valence-corrected chi connectivity index (χ2v) is 4.20. The third-order valence-electron chi connectivity index (χ3n) is 2.88. The number of rotatable bonds is 6. The Morgan fingerprint density at radius 2 is 2.14 bits per heavy atom. The Morgan fingerprint density at radius 1 is 1.45 bits per heavy atom. The molecule has 2 N–H and O–H groups in total. The molecule has 0 radical (unpaired) electrons. The van der Waals surface area contributed by atoms with Crippen LogP contribution in [0.4, 0.5) is 11.4 Å². The number of hydrogen-bond acceptors (Lipinski definition) is 6. The van der Waals surface area contributed by atoms with Crippen LogP contribution >= 0.6 is 0 Å². The highest BCUT2D eigenvalue weighted by Crippen LogP contribution is 2.28. The Balaban J connectivity index is 2.97. The van der Waals surface area contributed by atoms with E-state index in [-0.39, 0.29) is 36.8 Å². The molecule has 1 aromatic rings. The van der Waals surface area contributed by atoms with E-state index in [2.05, 4.69) is 5.32 Å². The van der Waals surface area contributed by atoms with Gasteiger partial charge in [-0.2, -0.15) is 0 Å². The van der Waals surface area contributed by atoms with E-state index in [4.69, 9.17) is 9.84 Å². The molecule has 9 heteroatoms. The zero-order valence-electron chi connectivity index (χ0n) is 12.2. The third-order valence-corrected chi connectivity index (χ3v) is 2.88. The molecular formula is C13H17N3O6. The normalized spacial score (nSPS) is 9.95. The Kier molecular flexibility index (Phi) is 6.26. The lowest BCUT2D eigenvalue weighted by atomic mass is 10.2. The maximum Gasteiger partial charge on any atom is 0.314 e. The Hall–Kier alpha value is -2.68. The highest BCUT2D eigenvalue weighted by Gasteiger charge is 2.22. The number of carbonyl (C=O) groups is 2. The van der Waals surface area contributed by atoms with E-state index in [1.54, 1.807) is 6.92 Å². The number of aliphatic hydroxyl groups excluding tert-OH is 1. The zero-order valence-corrected chi connectivity index (χ0v) is 12.2. The number of aliphatic hydroxyl groups is 1. The number of nitrogens with zero attached hydrogens (tertiary/aromatic N) is 2. The summed E-state index contributed by atoms with van der Waals surface area (Å²) >= 11 is 0. The van der Waals surface area contributed by atoms with Gasteiger partial charge in [-0.25, -0.2) is 0 Å². The van der Waals surface area contributed by atoms with Gasteiger partial charge in [0.1, 0.15) is 5.75 Å². The van der Waals surface area contributed by atoms with Gasteiger partial charge in [-0.3, -0.25) is 19.7 Å². The van der Waals surface area contributed by atoms with Crippen LogP contribution in [-0.4, -0.2) is 53.6 Å². The second-order valence-electron chi connectivity index (χ2n) is 4.20. The first kappa shape index (κ1) is 17.4. The van der Waals surface area contributed by atoms with Crippen LogP contribution in [0.2, 0.25) is 0 Å². The van der Waals surface area contributed by atoms with Crippen LogP contribution in [0.15, 0.2) is 18.2 Å². The van der Waals surface area contributed by atoms with Gasteiger partial charge in [0.15, 0.2) is 0 Å². The first-order chi connectivity index (χ1) is 10.4. The summed E-state index contributed by atoms with van der Waals surface area (Å²) in [7, 11) is 1.34. The summed E-state index contributed by atoms with van der Waals surface area (Å²) in [6.07, 6.45) is 0. The molecule has 0 saturated carbocycles. The molecule has 0 spiro atoms. The lowest BCUT2D eigenvalue weighted by Crippen LogP contribution is -2.41. The number of nitro benzene ring substituents is 1. The molecule has 0 atom stereocenters. The number of nitrogens with one attached hydrogen (secondary N) is 1. The molecule has 0 aliphatic heterocycles. The van der Waals surface area contributed by atoms with Crippen LogP contribution in [0.1, 0.15) is 6.92 Å². The largest absolute Gasteiger partial charge is 0.495 e. The van der Waals surface area contributed by atoms with Gasteiger partial charge >= 0.3 is 11.8 Å².